The zero-order valence-corrected chi connectivity index (χ0v) is 18.6. The van der Waals surface area contributed by atoms with Gasteiger partial charge in [0, 0.05) is 21.8 Å². The molecule has 2 aromatic heterocycles. The molecule has 0 spiro atoms. The van der Waals surface area contributed by atoms with Crippen LogP contribution in [-0.4, -0.2) is 35.1 Å². The highest BCUT2D eigenvalue weighted by Crippen LogP contribution is 2.37. The van der Waals surface area contributed by atoms with Crippen LogP contribution in [0.25, 0.3) is 0 Å². The van der Waals surface area contributed by atoms with Crippen LogP contribution in [0.4, 0.5) is 10.3 Å². The average Bonchev–Trinajstić information content (AvgIpc) is 3.33. The highest BCUT2D eigenvalue weighted by molar-refractivity contribution is 7.18. The number of nitrogens with two attached hydrogens (primary N) is 1. The Morgan fingerprint density at radius 3 is 1.79 bits per heavy atom. The van der Waals surface area contributed by atoms with Gasteiger partial charge in [0.2, 0.25) is 10.3 Å². The maximum Gasteiger partial charge on any atom is 0.206 e. The van der Waals surface area contributed by atoms with Crippen LogP contribution < -0.4 is 21.5 Å². The van der Waals surface area contributed by atoms with E-state index in [4.69, 9.17) is 15.8 Å². The van der Waals surface area contributed by atoms with E-state index in [0.717, 1.165) is 49.0 Å². The summed E-state index contributed by atoms with van der Waals surface area (Å²) in [6.07, 6.45) is 8.91. The third-order valence-electron chi connectivity index (χ3n) is 5.63. The van der Waals surface area contributed by atoms with Crippen LogP contribution in [-0.2, 0) is 25.7 Å². The molecule has 0 aromatic carbocycles. The van der Waals surface area contributed by atoms with Crippen LogP contribution >= 0.6 is 22.7 Å². The summed E-state index contributed by atoms with van der Waals surface area (Å²) >= 11 is 3.47. The van der Waals surface area contributed by atoms with Gasteiger partial charge < -0.3 is 10.6 Å². The van der Waals surface area contributed by atoms with Crippen LogP contribution in [0, 0.1) is 0 Å². The Labute approximate surface area is 175 Å². The molecule has 0 radical (unpaired) electrons. The van der Waals surface area contributed by atoms with Gasteiger partial charge >= 0.3 is 0 Å². The molecule has 4 rings (SSSR count). The summed E-state index contributed by atoms with van der Waals surface area (Å²) in [7, 11) is 0. The number of fused-ring (bicyclic) bond motifs is 2. The maximum atomic E-state index is 6.47. The molecule has 0 saturated heterocycles. The van der Waals surface area contributed by atoms with Gasteiger partial charge in [0.05, 0.1) is 11.4 Å². The summed E-state index contributed by atoms with van der Waals surface area (Å²) in [4.78, 5) is 12.5. The van der Waals surface area contributed by atoms with E-state index < -0.39 is 0 Å². The van der Waals surface area contributed by atoms with Gasteiger partial charge in [0.15, 0.2) is 0 Å². The summed E-state index contributed by atoms with van der Waals surface area (Å²) in [6, 6.07) is 1.15. The first-order chi connectivity index (χ1) is 13.7. The number of thiazole rings is 2. The van der Waals surface area contributed by atoms with Gasteiger partial charge in [-0.25, -0.2) is 20.8 Å². The average molecular weight is 421 g/mol. The third kappa shape index (κ3) is 4.41. The first-order valence-electron chi connectivity index (χ1n) is 10.7. The van der Waals surface area contributed by atoms with E-state index in [1.54, 1.807) is 27.7 Å². The van der Waals surface area contributed by atoms with Crippen molar-refractivity contribution >= 4 is 32.9 Å². The Morgan fingerprint density at radius 2 is 1.36 bits per heavy atom. The molecule has 2 atom stereocenters. The van der Waals surface area contributed by atoms with E-state index in [9.17, 15) is 0 Å². The lowest BCUT2D eigenvalue weighted by atomic mass is 9.97. The molecule has 8 heteroatoms. The van der Waals surface area contributed by atoms with E-state index in [-0.39, 0.29) is 0 Å². The minimum Gasteiger partial charge on any atom is -0.314 e. The second kappa shape index (κ2) is 9.17. The van der Waals surface area contributed by atoms with Gasteiger partial charge in [-0.2, -0.15) is 0 Å². The first-order valence-corrected chi connectivity index (χ1v) is 12.3. The maximum absolute atomic E-state index is 6.47. The van der Waals surface area contributed by atoms with Crippen LogP contribution in [0.2, 0.25) is 0 Å². The minimum atomic E-state index is 0.576. The topological polar surface area (TPSA) is 79.1 Å². The molecule has 2 aromatic rings. The second-order valence-corrected chi connectivity index (χ2v) is 10.0. The number of nitrogens with one attached hydrogen (secondary N) is 2. The van der Waals surface area contributed by atoms with Gasteiger partial charge in [0.25, 0.3) is 0 Å². The first kappa shape index (κ1) is 20.2. The Morgan fingerprint density at radius 1 is 0.893 bits per heavy atom. The van der Waals surface area contributed by atoms with Gasteiger partial charge in [0.1, 0.15) is 0 Å². The predicted octanol–water partition coefficient (Wildman–Crippen LogP) is 3.33. The van der Waals surface area contributed by atoms with E-state index in [0.29, 0.717) is 12.1 Å². The fourth-order valence-electron chi connectivity index (χ4n) is 4.06. The molecule has 28 heavy (non-hydrogen) atoms. The molecule has 0 fully saturated rings. The van der Waals surface area contributed by atoms with Gasteiger partial charge in [-0.1, -0.05) is 36.5 Å². The molecule has 0 amide bonds. The van der Waals surface area contributed by atoms with Crippen molar-refractivity contribution in [3.05, 3.63) is 21.1 Å². The van der Waals surface area contributed by atoms with E-state index in [1.165, 1.54) is 46.8 Å². The predicted molar refractivity (Wildman–Crippen MR) is 119 cm³/mol. The van der Waals surface area contributed by atoms with Gasteiger partial charge in [-0.05, 0) is 64.5 Å². The summed E-state index contributed by atoms with van der Waals surface area (Å²) < 4.78 is 0. The van der Waals surface area contributed by atoms with Crippen molar-refractivity contribution in [2.24, 2.45) is 5.84 Å². The molecular formula is C20H32N6S2. The fraction of sp³-hybridized carbons (Fsp3) is 0.700. The molecule has 0 bridgehead atoms. The third-order valence-corrected chi connectivity index (χ3v) is 7.87. The zero-order chi connectivity index (χ0) is 19.5. The number of nitrogens with zero attached hydrogens (tertiary/aromatic N) is 3. The van der Waals surface area contributed by atoms with Crippen molar-refractivity contribution in [2.45, 2.75) is 77.3 Å². The number of aryl methyl sites for hydroxylation is 2. The SMILES string of the molecule is CCCNC1CCc2nc(N(N)c3nc4c(s3)CC(NCCC)CC4)sc2C1. The molecule has 154 valence electrons. The number of aromatic nitrogens is 2. The smallest absolute Gasteiger partial charge is 0.206 e. The van der Waals surface area contributed by atoms with E-state index >= 15 is 0 Å². The number of hydrogen-bond acceptors (Lipinski definition) is 8. The number of anilines is 2. The van der Waals surface area contributed by atoms with Crippen LogP contribution in [0.3, 0.4) is 0 Å². The highest BCUT2D eigenvalue weighted by Gasteiger charge is 2.27. The molecule has 2 aliphatic carbocycles. The summed E-state index contributed by atoms with van der Waals surface area (Å²) in [5, 5.41) is 10.8. The largest absolute Gasteiger partial charge is 0.314 e. The van der Waals surface area contributed by atoms with Crippen molar-refractivity contribution in [1.29, 1.82) is 0 Å². The monoisotopic (exact) mass is 420 g/mol. The molecular weight excluding hydrogens is 388 g/mol. The molecule has 6 nitrogen and oxygen atoms in total. The molecule has 0 aliphatic heterocycles. The summed E-state index contributed by atoms with van der Waals surface area (Å²) in [6.45, 7) is 6.61. The summed E-state index contributed by atoms with van der Waals surface area (Å²) in [5.41, 5.74) is 2.46. The second-order valence-electron chi connectivity index (χ2n) is 7.89. The lowest BCUT2D eigenvalue weighted by Gasteiger charge is -2.21. The number of hydrogen-bond donors (Lipinski definition) is 3. The van der Waals surface area contributed by atoms with Crippen molar-refractivity contribution < 1.29 is 0 Å². The summed E-state index contributed by atoms with van der Waals surface area (Å²) in [5.74, 6) is 6.47. The Bertz CT molecular complexity index is 722. The van der Waals surface area contributed by atoms with Crippen molar-refractivity contribution in [2.75, 3.05) is 18.1 Å². The zero-order valence-electron chi connectivity index (χ0n) is 17.0. The number of rotatable bonds is 8. The highest BCUT2D eigenvalue weighted by atomic mass is 32.1. The Balaban J connectivity index is 1.44. The van der Waals surface area contributed by atoms with Crippen molar-refractivity contribution in [3.8, 4) is 0 Å². The van der Waals surface area contributed by atoms with Gasteiger partial charge in [-0.3, -0.25) is 0 Å². The molecule has 0 saturated carbocycles. The van der Waals surface area contributed by atoms with E-state index in [1.807, 2.05) is 0 Å². The quantitative estimate of drug-likeness (QED) is 0.449. The molecule has 2 heterocycles. The Hall–Kier alpha value is -1.06. The Kier molecular flexibility index (Phi) is 6.62. The lowest BCUT2D eigenvalue weighted by Crippen LogP contribution is -2.34. The fourth-order valence-corrected chi connectivity index (χ4v) is 6.34. The van der Waals surface area contributed by atoms with Crippen LogP contribution in [0.15, 0.2) is 0 Å². The standard InChI is InChI=1S/C20H32N6S2/c1-3-9-22-13-5-7-15-17(11-13)27-19(24-15)26(21)20-25-16-8-6-14(23-10-4-2)12-18(16)28-20/h13-14,22-23H,3-12,21H2,1-2H3. The van der Waals surface area contributed by atoms with E-state index in [2.05, 4.69) is 24.5 Å². The van der Waals surface area contributed by atoms with Gasteiger partial charge in [-0.15, -0.1) is 0 Å². The number of hydrazine groups is 1. The molecule has 2 aliphatic rings. The van der Waals surface area contributed by atoms with Crippen LogP contribution in [0.1, 0.15) is 60.7 Å². The minimum absolute atomic E-state index is 0.576. The normalized spacial score (nSPS) is 21.4. The lowest BCUT2D eigenvalue weighted by molar-refractivity contribution is 0.459. The van der Waals surface area contributed by atoms with Crippen LogP contribution in [0.5, 0.6) is 0 Å². The molecule has 4 N–H and O–H groups in total. The van der Waals surface area contributed by atoms with Crippen molar-refractivity contribution in [3.63, 3.8) is 0 Å². The van der Waals surface area contributed by atoms with Crippen molar-refractivity contribution in [1.82, 2.24) is 20.6 Å². The molecule has 2 unspecified atom stereocenters.